The molecule has 0 unspecified atom stereocenters. The average Bonchev–Trinajstić information content (AvgIpc) is 1.86. The Morgan fingerprint density at radius 2 is 1.73 bits per heavy atom. The van der Waals surface area contributed by atoms with Gasteiger partial charge in [0.1, 0.15) is 0 Å². The summed E-state index contributed by atoms with van der Waals surface area (Å²) in [6, 6.07) is 0. The summed E-state index contributed by atoms with van der Waals surface area (Å²) in [6.45, 7) is 11.0. The third-order valence-corrected chi connectivity index (χ3v) is 1.72. The van der Waals surface area contributed by atoms with E-state index in [0.717, 1.165) is 6.42 Å². The lowest BCUT2D eigenvalue weighted by Crippen LogP contribution is -1.85. The van der Waals surface area contributed by atoms with E-state index >= 15 is 0 Å². The lowest BCUT2D eigenvalue weighted by molar-refractivity contribution is 0.822. The molecule has 0 bridgehead atoms. The first-order valence-electron chi connectivity index (χ1n) is 4.43. The molecule has 64 valence electrons. The normalized spacial score (nSPS) is 14.4. The van der Waals surface area contributed by atoms with Crippen LogP contribution in [-0.4, -0.2) is 0 Å². The highest BCUT2D eigenvalue weighted by molar-refractivity contribution is 5.26. The van der Waals surface area contributed by atoms with E-state index in [4.69, 9.17) is 0 Å². The molecule has 0 heterocycles. The first-order valence-corrected chi connectivity index (χ1v) is 4.43. The number of allylic oxidation sites excluding steroid dienone is 4. The van der Waals surface area contributed by atoms with Gasteiger partial charge in [-0.2, -0.15) is 0 Å². The minimum absolute atomic E-state index is 0.662. The summed E-state index contributed by atoms with van der Waals surface area (Å²) in [6.07, 6.45) is 5.71. The molecule has 0 N–H and O–H groups in total. The molecule has 0 aliphatic carbocycles. The predicted molar refractivity (Wildman–Crippen MR) is 52.6 cm³/mol. The molecule has 0 aliphatic rings. The molecule has 0 aromatic heterocycles. The van der Waals surface area contributed by atoms with Crippen LogP contribution in [0, 0.1) is 5.92 Å². The predicted octanol–water partition coefficient (Wildman–Crippen LogP) is 3.95. The van der Waals surface area contributed by atoms with Gasteiger partial charge in [-0.3, -0.25) is 0 Å². The zero-order valence-electron chi connectivity index (χ0n) is 8.44. The fourth-order valence-electron chi connectivity index (χ4n) is 1.10. The standard InChI is InChI=1S/C11H20/c1-6-7-10(4)11(5)8-9(2)3/h7-9H,6H2,1-5H3/b10-7-,11-8-. The molecule has 11 heavy (non-hydrogen) atoms. The maximum absolute atomic E-state index is 2.31. The molecule has 0 fully saturated rings. The molecule has 0 amide bonds. The highest BCUT2D eigenvalue weighted by Gasteiger charge is 1.93. The molecule has 0 rings (SSSR count). The van der Waals surface area contributed by atoms with Crippen LogP contribution in [0.2, 0.25) is 0 Å². The van der Waals surface area contributed by atoms with Crippen LogP contribution in [0.15, 0.2) is 23.3 Å². The van der Waals surface area contributed by atoms with Crippen LogP contribution in [0.25, 0.3) is 0 Å². The van der Waals surface area contributed by atoms with Gasteiger partial charge in [0.05, 0.1) is 0 Å². The largest absolute Gasteiger partial charge is 0.0816 e. The van der Waals surface area contributed by atoms with Crippen molar-refractivity contribution in [2.75, 3.05) is 0 Å². The van der Waals surface area contributed by atoms with Crippen molar-refractivity contribution in [1.29, 1.82) is 0 Å². The Balaban J connectivity index is 4.23. The van der Waals surface area contributed by atoms with Gasteiger partial charge in [0.2, 0.25) is 0 Å². The molecule has 0 heteroatoms. The first-order chi connectivity index (χ1) is 5.07. The van der Waals surface area contributed by atoms with Gasteiger partial charge in [0, 0.05) is 0 Å². The second-order valence-corrected chi connectivity index (χ2v) is 3.39. The van der Waals surface area contributed by atoms with Gasteiger partial charge in [-0.05, 0) is 26.2 Å². The zero-order valence-corrected chi connectivity index (χ0v) is 8.44. The summed E-state index contributed by atoms with van der Waals surface area (Å²) in [5.74, 6) is 0.662. The zero-order chi connectivity index (χ0) is 8.85. The van der Waals surface area contributed by atoms with E-state index in [0.29, 0.717) is 5.92 Å². The minimum Gasteiger partial charge on any atom is -0.0816 e. The van der Waals surface area contributed by atoms with Crippen LogP contribution >= 0.6 is 0 Å². The van der Waals surface area contributed by atoms with E-state index in [1.807, 2.05) is 0 Å². The van der Waals surface area contributed by atoms with E-state index in [-0.39, 0.29) is 0 Å². The van der Waals surface area contributed by atoms with Crippen molar-refractivity contribution in [3.05, 3.63) is 23.3 Å². The highest BCUT2D eigenvalue weighted by Crippen LogP contribution is 2.11. The molecule has 0 aromatic carbocycles. The maximum atomic E-state index is 2.31. The summed E-state index contributed by atoms with van der Waals surface area (Å²) in [4.78, 5) is 0. The fraction of sp³-hybridized carbons (Fsp3) is 0.636. The Bertz CT molecular complexity index is 159. The molecule has 0 saturated carbocycles. The van der Waals surface area contributed by atoms with Gasteiger partial charge in [-0.25, -0.2) is 0 Å². The summed E-state index contributed by atoms with van der Waals surface area (Å²) in [7, 11) is 0. The summed E-state index contributed by atoms with van der Waals surface area (Å²) in [5.41, 5.74) is 2.84. The molecule has 0 radical (unpaired) electrons. The van der Waals surface area contributed by atoms with Gasteiger partial charge in [-0.15, -0.1) is 0 Å². The molecular weight excluding hydrogens is 132 g/mol. The SMILES string of the molecule is CC/C=C(C)\C(C)=C/C(C)C. The van der Waals surface area contributed by atoms with Crippen LogP contribution in [0.5, 0.6) is 0 Å². The van der Waals surface area contributed by atoms with Gasteiger partial charge in [0.15, 0.2) is 0 Å². The highest BCUT2D eigenvalue weighted by atomic mass is 14.0. The van der Waals surface area contributed by atoms with Gasteiger partial charge in [0.25, 0.3) is 0 Å². The van der Waals surface area contributed by atoms with Crippen LogP contribution in [0.1, 0.15) is 41.0 Å². The monoisotopic (exact) mass is 152 g/mol. The summed E-state index contributed by atoms with van der Waals surface area (Å²) in [5, 5.41) is 0. The van der Waals surface area contributed by atoms with Crippen LogP contribution < -0.4 is 0 Å². The minimum atomic E-state index is 0.662. The van der Waals surface area contributed by atoms with Crippen molar-refractivity contribution >= 4 is 0 Å². The molecule has 0 aromatic rings. The third-order valence-electron chi connectivity index (χ3n) is 1.72. The van der Waals surface area contributed by atoms with Gasteiger partial charge < -0.3 is 0 Å². The van der Waals surface area contributed by atoms with E-state index in [1.165, 1.54) is 11.1 Å². The van der Waals surface area contributed by atoms with Crippen molar-refractivity contribution in [1.82, 2.24) is 0 Å². The van der Waals surface area contributed by atoms with Crippen molar-refractivity contribution in [3.63, 3.8) is 0 Å². The Morgan fingerprint density at radius 1 is 1.18 bits per heavy atom. The van der Waals surface area contributed by atoms with E-state index < -0.39 is 0 Å². The topological polar surface area (TPSA) is 0 Å². The van der Waals surface area contributed by atoms with Crippen molar-refractivity contribution < 1.29 is 0 Å². The average molecular weight is 152 g/mol. The molecule has 0 nitrogen and oxygen atoms in total. The summed E-state index contributed by atoms with van der Waals surface area (Å²) >= 11 is 0. The molecule has 0 spiro atoms. The number of hydrogen-bond acceptors (Lipinski definition) is 0. The van der Waals surface area contributed by atoms with Gasteiger partial charge in [-0.1, -0.05) is 44.1 Å². The van der Waals surface area contributed by atoms with Crippen molar-refractivity contribution in [2.45, 2.75) is 41.0 Å². The molecular formula is C11H20. The molecule has 0 atom stereocenters. The van der Waals surface area contributed by atoms with Crippen LogP contribution in [0.4, 0.5) is 0 Å². The number of rotatable bonds is 3. The lowest BCUT2D eigenvalue weighted by Gasteiger charge is -2.02. The van der Waals surface area contributed by atoms with Crippen molar-refractivity contribution in [3.8, 4) is 0 Å². The van der Waals surface area contributed by atoms with Crippen LogP contribution in [-0.2, 0) is 0 Å². The van der Waals surface area contributed by atoms with Crippen LogP contribution in [0.3, 0.4) is 0 Å². The van der Waals surface area contributed by atoms with E-state index in [1.54, 1.807) is 0 Å². The maximum Gasteiger partial charge on any atom is -0.0285 e. The number of hydrogen-bond donors (Lipinski definition) is 0. The quantitative estimate of drug-likeness (QED) is 0.537. The summed E-state index contributed by atoms with van der Waals surface area (Å²) < 4.78 is 0. The van der Waals surface area contributed by atoms with E-state index in [9.17, 15) is 0 Å². The second-order valence-electron chi connectivity index (χ2n) is 3.39. The van der Waals surface area contributed by atoms with Gasteiger partial charge >= 0.3 is 0 Å². The molecule has 0 aliphatic heterocycles. The smallest absolute Gasteiger partial charge is 0.0285 e. The Morgan fingerprint density at radius 3 is 2.09 bits per heavy atom. The first kappa shape index (κ1) is 10.5. The second kappa shape index (κ2) is 5.17. The Kier molecular flexibility index (Phi) is 4.93. The Labute approximate surface area is 71.0 Å². The lowest BCUT2D eigenvalue weighted by atomic mass is 10.0. The van der Waals surface area contributed by atoms with E-state index in [2.05, 4.69) is 46.8 Å². The Hall–Kier alpha value is -0.520. The van der Waals surface area contributed by atoms with Crippen molar-refractivity contribution in [2.24, 2.45) is 5.92 Å². The fourth-order valence-corrected chi connectivity index (χ4v) is 1.10. The molecule has 0 saturated heterocycles. The third kappa shape index (κ3) is 4.83.